The Morgan fingerprint density at radius 1 is 1.20 bits per heavy atom. The van der Waals surface area contributed by atoms with Crippen molar-refractivity contribution in [2.75, 3.05) is 13.1 Å². The number of hydrogen-bond acceptors (Lipinski definition) is 1. The lowest BCUT2D eigenvalue weighted by molar-refractivity contribution is -0.132. The maximum atomic E-state index is 11.6. The third kappa shape index (κ3) is 3.96. The monoisotopic (exact) mass is 271 g/mol. The van der Waals surface area contributed by atoms with Crippen LogP contribution in [0.25, 0.3) is 6.08 Å². The molecule has 0 aromatic heterocycles. The lowest BCUT2D eigenvalue weighted by Gasteiger charge is -2.30. The van der Waals surface area contributed by atoms with Gasteiger partial charge < -0.3 is 4.90 Å². The van der Waals surface area contributed by atoms with Gasteiger partial charge in [-0.05, 0) is 38.2 Å². The van der Waals surface area contributed by atoms with Crippen LogP contribution >= 0.6 is 0 Å². The van der Waals surface area contributed by atoms with E-state index in [2.05, 4.69) is 44.2 Å². The Balaban J connectivity index is 1.92. The Morgan fingerprint density at radius 3 is 2.35 bits per heavy atom. The van der Waals surface area contributed by atoms with E-state index in [0.717, 1.165) is 25.9 Å². The Hall–Kier alpha value is -1.57. The minimum absolute atomic E-state index is 0.293. The second-order valence-electron chi connectivity index (χ2n) is 5.85. The molecule has 20 heavy (non-hydrogen) atoms. The molecule has 1 aliphatic rings. The van der Waals surface area contributed by atoms with Crippen molar-refractivity contribution in [2.24, 2.45) is 5.92 Å². The first-order chi connectivity index (χ1) is 9.58. The highest BCUT2D eigenvalue weighted by atomic mass is 16.2. The Morgan fingerprint density at radius 2 is 1.80 bits per heavy atom. The fourth-order valence-corrected chi connectivity index (χ4v) is 2.92. The predicted molar refractivity (Wildman–Crippen MR) is 84.5 cm³/mol. The molecule has 108 valence electrons. The second kappa shape index (κ2) is 6.74. The SMILES string of the molecule is CCC(=O)N1CCC(/C=C/c2cc(C)cc(C)c2)CC1. The topological polar surface area (TPSA) is 20.3 Å². The van der Waals surface area contributed by atoms with Gasteiger partial charge in [0.05, 0.1) is 0 Å². The van der Waals surface area contributed by atoms with E-state index in [-0.39, 0.29) is 0 Å². The molecule has 1 aromatic carbocycles. The number of nitrogens with zero attached hydrogens (tertiary/aromatic N) is 1. The molecule has 1 aliphatic heterocycles. The van der Waals surface area contributed by atoms with Gasteiger partial charge in [-0.25, -0.2) is 0 Å². The van der Waals surface area contributed by atoms with Crippen LogP contribution in [0.3, 0.4) is 0 Å². The Kier molecular flexibility index (Phi) is 4.99. The van der Waals surface area contributed by atoms with Crippen molar-refractivity contribution < 1.29 is 4.79 Å². The summed E-state index contributed by atoms with van der Waals surface area (Å²) in [7, 11) is 0. The summed E-state index contributed by atoms with van der Waals surface area (Å²) in [6.45, 7) is 8.04. The third-order valence-electron chi connectivity index (χ3n) is 4.00. The summed E-state index contributed by atoms with van der Waals surface area (Å²) in [6, 6.07) is 6.64. The molecule has 2 nitrogen and oxygen atoms in total. The summed E-state index contributed by atoms with van der Waals surface area (Å²) in [6.07, 6.45) is 7.37. The number of carbonyl (C=O) groups excluding carboxylic acids is 1. The predicted octanol–water partition coefficient (Wildman–Crippen LogP) is 3.97. The maximum Gasteiger partial charge on any atom is 0.222 e. The van der Waals surface area contributed by atoms with Gasteiger partial charge in [0.15, 0.2) is 0 Å². The molecule has 1 aromatic rings. The van der Waals surface area contributed by atoms with Gasteiger partial charge in [-0.1, -0.05) is 48.4 Å². The standard InChI is InChI=1S/C18H25NO/c1-4-18(20)19-9-7-16(8-10-19)5-6-17-12-14(2)11-15(3)13-17/h5-6,11-13,16H,4,7-10H2,1-3H3/b6-5+. The average Bonchev–Trinajstić information content (AvgIpc) is 2.44. The van der Waals surface area contributed by atoms with Gasteiger partial charge in [0, 0.05) is 19.5 Å². The van der Waals surface area contributed by atoms with Gasteiger partial charge >= 0.3 is 0 Å². The molecule has 1 saturated heterocycles. The molecule has 1 fully saturated rings. The van der Waals surface area contributed by atoms with Crippen LogP contribution < -0.4 is 0 Å². The number of allylic oxidation sites excluding steroid dienone is 1. The zero-order valence-electron chi connectivity index (χ0n) is 12.9. The summed E-state index contributed by atoms with van der Waals surface area (Å²) in [4.78, 5) is 13.6. The largest absolute Gasteiger partial charge is 0.343 e. The lowest BCUT2D eigenvalue weighted by atomic mass is 9.95. The molecule has 0 unspecified atom stereocenters. The van der Waals surface area contributed by atoms with E-state index in [1.165, 1.54) is 16.7 Å². The average molecular weight is 271 g/mol. The number of rotatable bonds is 3. The number of hydrogen-bond donors (Lipinski definition) is 0. The number of aryl methyl sites for hydroxylation is 2. The van der Waals surface area contributed by atoms with Crippen molar-refractivity contribution in [3.05, 3.63) is 41.0 Å². The smallest absolute Gasteiger partial charge is 0.222 e. The zero-order valence-corrected chi connectivity index (χ0v) is 12.9. The van der Waals surface area contributed by atoms with Crippen molar-refractivity contribution in [2.45, 2.75) is 40.0 Å². The molecule has 1 amide bonds. The summed E-state index contributed by atoms with van der Waals surface area (Å²) in [5.41, 5.74) is 3.91. The summed E-state index contributed by atoms with van der Waals surface area (Å²) < 4.78 is 0. The van der Waals surface area contributed by atoms with Crippen molar-refractivity contribution in [3.8, 4) is 0 Å². The number of likely N-dealkylation sites (tertiary alicyclic amines) is 1. The highest BCUT2D eigenvalue weighted by Gasteiger charge is 2.19. The van der Waals surface area contributed by atoms with Gasteiger partial charge in [0.1, 0.15) is 0 Å². The normalized spacial score (nSPS) is 16.9. The van der Waals surface area contributed by atoms with E-state index in [0.29, 0.717) is 18.2 Å². The summed E-state index contributed by atoms with van der Waals surface area (Å²) in [5.74, 6) is 0.901. The van der Waals surface area contributed by atoms with E-state index in [1.54, 1.807) is 0 Å². The van der Waals surface area contributed by atoms with Crippen molar-refractivity contribution in [3.63, 3.8) is 0 Å². The fourth-order valence-electron chi connectivity index (χ4n) is 2.92. The van der Waals surface area contributed by atoms with E-state index >= 15 is 0 Å². The van der Waals surface area contributed by atoms with E-state index in [9.17, 15) is 4.79 Å². The number of carbonyl (C=O) groups is 1. The maximum absolute atomic E-state index is 11.6. The van der Waals surface area contributed by atoms with Crippen LogP contribution in [-0.4, -0.2) is 23.9 Å². The van der Waals surface area contributed by atoms with Crippen LogP contribution in [0.5, 0.6) is 0 Å². The molecule has 0 saturated carbocycles. The fraction of sp³-hybridized carbons (Fsp3) is 0.500. The minimum atomic E-state index is 0.293. The number of benzene rings is 1. The molecule has 0 spiro atoms. The van der Waals surface area contributed by atoms with Crippen LogP contribution in [0.2, 0.25) is 0 Å². The third-order valence-corrected chi connectivity index (χ3v) is 4.00. The molecular weight excluding hydrogens is 246 g/mol. The molecule has 2 heteroatoms. The minimum Gasteiger partial charge on any atom is -0.343 e. The Bertz CT molecular complexity index is 476. The van der Waals surface area contributed by atoms with Crippen molar-refractivity contribution >= 4 is 12.0 Å². The molecule has 0 radical (unpaired) electrons. The zero-order chi connectivity index (χ0) is 14.5. The van der Waals surface area contributed by atoms with E-state index < -0.39 is 0 Å². The van der Waals surface area contributed by atoms with Gasteiger partial charge in [-0.2, -0.15) is 0 Å². The van der Waals surface area contributed by atoms with Gasteiger partial charge in [0.2, 0.25) is 5.91 Å². The van der Waals surface area contributed by atoms with Gasteiger partial charge in [0.25, 0.3) is 0 Å². The Labute approximate surface area is 122 Å². The molecule has 2 rings (SSSR count). The molecule has 0 bridgehead atoms. The number of amides is 1. The van der Waals surface area contributed by atoms with Crippen molar-refractivity contribution in [1.29, 1.82) is 0 Å². The highest BCUT2D eigenvalue weighted by Crippen LogP contribution is 2.20. The molecule has 0 N–H and O–H groups in total. The van der Waals surface area contributed by atoms with Crippen LogP contribution in [0.15, 0.2) is 24.3 Å². The first-order valence-electron chi connectivity index (χ1n) is 7.62. The van der Waals surface area contributed by atoms with Crippen LogP contribution in [0, 0.1) is 19.8 Å². The first kappa shape index (κ1) is 14.8. The molecule has 0 aliphatic carbocycles. The van der Waals surface area contributed by atoms with Crippen LogP contribution in [0.4, 0.5) is 0 Å². The van der Waals surface area contributed by atoms with Gasteiger partial charge in [-0.3, -0.25) is 4.79 Å². The van der Waals surface area contributed by atoms with E-state index in [4.69, 9.17) is 0 Å². The number of piperidine rings is 1. The molecule has 1 heterocycles. The molecule has 0 atom stereocenters. The van der Waals surface area contributed by atoms with Crippen LogP contribution in [-0.2, 0) is 4.79 Å². The van der Waals surface area contributed by atoms with Crippen LogP contribution in [0.1, 0.15) is 42.9 Å². The first-order valence-corrected chi connectivity index (χ1v) is 7.62. The highest BCUT2D eigenvalue weighted by molar-refractivity contribution is 5.75. The second-order valence-corrected chi connectivity index (χ2v) is 5.85. The summed E-state index contributed by atoms with van der Waals surface area (Å²) >= 11 is 0. The quantitative estimate of drug-likeness (QED) is 0.814. The van der Waals surface area contributed by atoms with Gasteiger partial charge in [-0.15, -0.1) is 0 Å². The van der Waals surface area contributed by atoms with Crippen molar-refractivity contribution in [1.82, 2.24) is 4.90 Å². The lowest BCUT2D eigenvalue weighted by Crippen LogP contribution is -2.37. The van der Waals surface area contributed by atoms with E-state index in [1.807, 2.05) is 11.8 Å². The molecular formula is C18H25NO. The summed E-state index contributed by atoms with van der Waals surface area (Å²) in [5, 5.41) is 0.